The van der Waals surface area contributed by atoms with Crippen molar-refractivity contribution in [2.75, 3.05) is 0 Å². The zero-order valence-corrected chi connectivity index (χ0v) is 22.2. The smallest absolute Gasteiger partial charge is 0.0541 e. The molecule has 0 saturated heterocycles. The molecule has 0 radical (unpaired) electrons. The van der Waals surface area contributed by atoms with Crippen molar-refractivity contribution in [3.05, 3.63) is 139 Å². The number of para-hydroxylation sites is 2. The zero-order valence-electron chi connectivity index (χ0n) is 22.2. The predicted molar refractivity (Wildman–Crippen MR) is 168 cm³/mol. The van der Waals surface area contributed by atoms with Crippen LogP contribution in [0.1, 0.15) is 11.1 Å². The van der Waals surface area contributed by atoms with E-state index in [-0.39, 0.29) is 0 Å². The van der Waals surface area contributed by atoms with Gasteiger partial charge in [-0.25, -0.2) is 0 Å². The lowest BCUT2D eigenvalue weighted by molar-refractivity contribution is 1.01. The standard InChI is InChI=1S/C38H26N2/c1-39-35-18-16-25(24-14-15-27-20-26-8-2-3-9-29(26)32(27)21-24)22-33(35)34-23-28(17-19-36(34)39)40-37-12-6-4-10-30(37)31-11-5-7-13-38(31)40/h2-19,21-23H,20H2,1H3. The Kier molecular flexibility index (Phi) is 4.34. The van der Waals surface area contributed by atoms with Crippen LogP contribution in [0, 0.1) is 0 Å². The Hall–Kier alpha value is -5.08. The Bertz CT molecular complexity index is 2260. The van der Waals surface area contributed by atoms with Crippen LogP contribution in [-0.2, 0) is 13.5 Å². The number of hydrogen-bond donors (Lipinski definition) is 0. The molecule has 0 spiro atoms. The second kappa shape index (κ2) is 7.97. The Balaban J connectivity index is 1.26. The molecule has 0 amide bonds. The molecule has 1 aliphatic carbocycles. The minimum absolute atomic E-state index is 1.03. The highest BCUT2D eigenvalue weighted by Gasteiger charge is 2.19. The first-order valence-corrected chi connectivity index (χ1v) is 14.0. The SMILES string of the molecule is Cn1c2ccc(-c3ccc4c(c3)-c3ccccc3C4)cc2c2cc(-n3c4ccccc4c4ccccc43)ccc21. The molecule has 6 aromatic carbocycles. The van der Waals surface area contributed by atoms with Crippen LogP contribution >= 0.6 is 0 Å². The molecule has 2 aromatic heterocycles. The van der Waals surface area contributed by atoms with Gasteiger partial charge in [-0.3, -0.25) is 0 Å². The topological polar surface area (TPSA) is 9.86 Å². The summed E-state index contributed by atoms with van der Waals surface area (Å²) >= 11 is 0. The molecule has 0 unspecified atom stereocenters. The molecule has 188 valence electrons. The summed E-state index contributed by atoms with van der Waals surface area (Å²) in [5.74, 6) is 0. The monoisotopic (exact) mass is 510 g/mol. The van der Waals surface area contributed by atoms with E-state index in [0.717, 1.165) is 6.42 Å². The summed E-state index contributed by atoms with van der Waals surface area (Å²) in [4.78, 5) is 0. The quantitative estimate of drug-likeness (QED) is 0.219. The van der Waals surface area contributed by atoms with E-state index in [2.05, 4.69) is 144 Å². The average molecular weight is 511 g/mol. The second-order valence-corrected chi connectivity index (χ2v) is 11.1. The van der Waals surface area contributed by atoms with Gasteiger partial charge in [0.25, 0.3) is 0 Å². The van der Waals surface area contributed by atoms with Gasteiger partial charge in [-0.2, -0.15) is 0 Å². The molecule has 0 N–H and O–H groups in total. The lowest BCUT2D eigenvalue weighted by Crippen LogP contribution is -1.94. The Labute approximate surface area is 232 Å². The van der Waals surface area contributed by atoms with Crippen molar-refractivity contribution in [3.63, 3.8) is 0 Å². The third-order valence-corrected chi connectivity index (χ3v) is 8.96. The van der Waals surface area contributed by atoms with E-state index < -0.39 is 0 Å². The van der Waals surface area contributed by atoms with Crippen molar-refractivity contribution < 1.29 is 0 Å². The van der Waals surface area contributed by atoms with E-state index in [1.807, 2.05) is 0 Å². The maximum absolute atomic E-state index is 2.41. The fraction of sp³-hybridized carbons (Fsp3) is 0.0526. The first-order valence-electron chi connectivity index (χ1n) is 14.0. The molecule has 1 aliphatic rings. The maximum atomic E-state index is 2.41. The number of fused-ring (bicyclic) bond motifs is 9. The van der Waals surface area contributed by atoms with E-state index in [1.165, 1.54) is 82.7 Å². The Morgan fingerprint density at radius 2 is 1.05 bits per heavy atom. The molecule has 0 fully saturated rings. The first-order chi connectivity index (χ1) is 19.7. The number of benzene rings is 6. The van der Waals surface area contributed by atoms with Crippen LogP contribution in [0.3, 0.4) is 0 Å². The number of hydrogen-bond acceptors (Lipinski definition) is 0. The van der Waals surface area contributed by atoms with Crippen LogP contribution in [0.5, 0.6) is 0 Å². The molecule has 40 heavy (non-hydrogen) atoms. The highest BCUT2D eigenvalue weighted by Crippen LogP contribution is 2.40. The van der Waals surface area contributed by atoms with E-state index in [4.69, 9.17) is 0 Å². The molecule has 2 heteroatoms. The summed E-state index contributed by atoms with van der Waals surface area (Å²) in [7, 11) is 2.18. The van der Waals surface area contributed by atoms with Crippen LogP contribution in [0.2, 0.25) is 0 Å². The summed E-state index contributed by atoms with van der Waals surface area (Å²) in [5.41, 5.74) is 14.3. The fourth-order valence-electron chi connectivity index (χ4n) is 7.03. The van der Waals surface area contributed by atoms with Gasteiger partial charge >= 0.3 is 0 Å². The van der Waals surface area contributed by atoms with Gasteiger partial charge in [-0.1, -0.05) is 78.9 Å². The van der Waals surface area contributed by atoms with E-state index in [0.29, 0.717) is 0 Å². The molecule has 9 rings (SSSR count). The summed E-state index contributed by atoms with van der Waals surface area (Å²) < 4.78 is 4.73. The number of nitrogens with zero attached hydrogens (tertiary/aromatic N) is 2. The molecule has 0 bridgehead atoms. The maximum Gasteiger partial charge on any atom is 0.0541 e. The number of aromatic nitrogens is 2. The zero-order chi connectivity index (χ0) is 26.4. The van der Waals surface area contributed by atoms with Crippen molar-refractivity contribution in [1.82, 2.24) is 9.13 Å². The summed E-state index contributed by atoms with van der Waals surface area (Å²) in [5, 5.41) is 5.15. The van der Waals surface area contributed by atoms with Crippen molar-refractivity contribution in [3.8, 4) is 27.9 Å². The highest BCUT2D eigenvalue weighted by molar-refractivity contribution is 6.12. The average Bonchev–Trinajstić information content (AvgIpc) is 3.64. The molecular formula is C38H26N2. The van der Waals surface area contributed by atoms with Crippen molar-refractivity contribution in [2.24, 2.45) is 7.05 Å². The van der Waals surface area contributed by atoms with Gasteiger partial charge in [0.05, 0.1) is 11.0 Å². The van der Waals surface area contributed by atoms with Crippen LogP contribution in [0.25, 0.3) is 71.6 Å². The third-order valence-electron chi connectivity index (χ3n) is 8.96. The molecule has 0 saturated carbocycles. The van der Waals surface area contributed by atoms with Gasteiger partial charge in [-0.15, -0.1) is 0 Å². The summed E-state index contributed by atoms with van der Waals surface area (Å²) in [6.07, 6.45) is 1.03. The molecule has 2 heterocycles. The van der Waals surface area contributed by atoms with Crippen molar-refractivity contribution in [2.45, 2.75) is 6.42 Å². The fourth-order valence-corrected chi connectivity index (χ4v) is 7.03. The molecule has 8 aromatic rings. The van der Waals surface area contributed by atoms with Gasteiger partial charge < -0.3 is 9.13 Å². The van der Waals surface area contributed by atoms with E-state index in [9.17, 15) is 0 Å². The van der Waals surface area contributed by atoms with E-state index >= 15 is 0 Å². The summed E-state index contributed by atoms with van der Waals surface area (Å²) in [6.45, 7) is 0. The third kappa shape index (κ3) is 2.93. The van der Waals surface area contributed by atoms with E-state index in [1.54, 1.807) is 0 Å². The molecule has 0 atom stereocenters. The second-order valence-electron chi connectivity index (χ2n) is 11.1. The van der Waals surface area contributed by atoms with Gasteiger partial charge in [0.15, 0.2) is 0 Å². The number of rotatable bonds is 2. The van der Waals surface area contributed by atoms with Crippen LogP contribution < -0.4 is 0 Å². The Morgan fingerprint density at radius 3 is 1.85 bits per heavy atom. The Morgan fingerprint density at radius 1 is 0.450 bits per heavy atom. The normalized spacial score (nSPS) is 12.5. The molecular weight excluding hydrogens is 484 g/mol. The van der Waals surface area contributed by atoms with Gasteiger partial charge in [0.1, 0.15) is 0 Å². The lowest BCUT2D eigenvalue weighted by atomic mass is 9.97. The molecule has 0 aliphatic heterocycles. The minimum atomic E-state index is 1.03. The minimum Gasteiger partial charge on any atom is -0.344 e. The van der Waals surface area contributed by atoms with Crippen LogP contribution in [0.15, 0.2) is 127 Å². The molecule has 2 nitrogen and oxygen atoms in total. The van der Waals surface area contributed by atoms with Crippen LogP contribution in [-0.4, -0.2) is 9.13 Å². The first kappa shape index (κ1) is 21.8. The summed E-state index contributed by atoms with van der Waals surface area (Å²) in [6, 6.07) is 47.1. The van der Waals surface area contributed by atoms with Gasteiger partial charge in [0.2, 0.25) is 0 Å². The van der Waals surface area contributed by atoms with Gasteiger partial charge in [-0.05, 0) is 88.3 Å². The van der Waals surface area contributed by atoms with Crippen molar-refractivity contribution in [1.29, 1.82) is 0 Å². The largest absolute Gasteiger partial charge is 0.344 e. The predicted octanol–water partition coefficient (Wildman–Crippen LogP) is 9.67. The van der Waals surface area contributed by atoms with Crippen molar-refractivity contribution >= 4 is 43.6 Å². The lowest BCUT2D eigenvalue weighted by Gasteiger charge is -2.09. The highest BCUT2D eigenvalue weighted by atomic mass is 15.0. The van der Waals surface area contributed by atoms with Gasteiger partial charge in [0, 0.05) is 45.3 Å². The van der Waals surface area contributed by atoms with Crippen LogP contribution in [0.4, 0.5) is 0 Å². The number of aryl methyl sites for hydroxylation is 1.